The van der Waals surface area contributed by atoms with Crippen LogP contribution in [0.4, 0.5) is 5.69 Å². The lowest BCUT2D eigenvalue weighted by Crippen LogP contribution is -2.40. The van der Waals surface area contributed by atoms with Crippen LogP contribution in [0.3, 0.4) is 0 Å². The number of amides is 1. The normalized spacial score (nSPS) is 25.7. The van der Waals surface area contributed by atoms with Crippen LogP contribution in [0.1, 0.15) is 25.7 Å². The maximum absolute atomic E-state index is 12.1. The molecule has 2 heterocycles. The number of para-hydroxylation sites is 1. The Balaban J connectivity index is 1.70. The van der Waals surface area contributed by atoms with E-state index in [1.54, 1.807) is 0 Å². The zero-order valence-electron chi connectivity index (χ0n) is 10.7. The number of piperidine rings is 1. The van der Waals surface area contributed by atoms with Crippen molar-refractivity contribution in [2.75, 3.05) is 24.5 Å². The van der Waals surface area contributed by atoms with E-state index in [4.69, 9.17) is 0 Å². The Morgan fingerprint density at radius 2 is 1.72 bits per heavy atom. The van der Waals surface area contributed by atoms with Crippen molar-refractivity contribution in [1.82, 2.24) is 4.90 Å². The van der Waals surface area contributed by atoms with Gasteiger partial charge in [0.05, 0.1) is 0 Å². The topological polar surface area (TPSA) is 23.6 Å². The smallest absolute Gasteiger partial charge is 0.228 e. The molecule has 3 rings (SSSR count). The van der Waals surface area contributed by atoms with Crippen LogP contribution in [0.2, 0.25) is 0 Å². The lowest BCUT2D eigenvalue weighted by molar-refractivity contribution is -0.117. The molecule has 0 N–H and O–H groups in total. The lowest BCUT2D eigenvalue weighted by atomic mass is 10.1. The SMILES string of the molecule is O=C1CC(N2CCCCC2)CN1c1ccccc1. The van der Waals surface area contributed by atoms with E-state index in [0.29, 0.717) is 12.5 Å². The van der Waals surface area contributed by atoms with Crippen LogP contribution in [0, 0.1) is 0 Å². The van der Waals surface area contributed by atoms with Crippen LogP contribution in [0.5, 0.6) is 0 Å². The molecule has 3 nitrogen and oxygen atoms in total. The van der Waals surface area contributed by atoms with E-state index >= 15 is 0 Å². The van der Waals surface area contributed by atoms with Gasteiger partial charge in [0, 0.05) is 24.7 Å². The van der Waals surface area contributed by atoms with Gasteiger partial charge in [0.15, 0.2) is 0 Å². The second-order valence-electron chi connectivity index (χ2n) is 5.29. The van der Waals surface area contributed by atoms with E-state index in [1.807, 2.05) is 35.2 Å². The molecule has 0 aliphatic carbocycles. The molecule has 0 spiro atoms. The summed E-state index contributed by atoms with van der Waals surface area (Å²) in [6.07, 6.45) is 4.61. The molecule has 0 saturated carbocycles. The van der Waals surface area contributed by atoms with Gasteiger partial charge in [0.2, 0.25) is 5.91 Å². The number of carbonyl (C=O) groups is 1. The molecule has 0 radical (unpaired) electrons. The lowest BCUT2D eigenvalue weighted by Gasteiger charge is -2.31. The summed E-state index contributed by atoms with van der Waals surface area (Å²) in [7, 11) is 0. The van der Waals surface area contributed by atoms with Crippen molar-refractivity contribution >= 4 is 11.6 Å². The fourth-order valence-corrected chi connectivity index (χ4v) is 3.07. The molecule has 1 unspecified atom stereocenters. The van der Waals surface area contributed by atoms with Gasteiger partial charge in [-0.05, 0) is 38.1 Å². The molecule has 18 heavy (non-hydrogen) atoms. The highest BCUT2D eigenvalue weighted by Crippen LogP contribution is 2.25. The molecule has 1 aromatic carbocycles. The van der Waals surface area contributed by atoms with E-state index in [1.165, 1.54) is 32.4 Å². The largest absolute Gasteiger partial charge is 0.311 e. The number of anilines is 1. The zero-order valence-corrected chi connectivity index (χ0v) is 10.7. The van der Waals surface area contributed by atoms with Crippen LogP contribution >= 0.6 is 0 Å². The minimum absolute atomic E-state index is 0.275. The Morgan fingerprint density at radius 1 is 1.00 bits per heavy atom. The van der Waals surface area contributed by atoms with Gasteiger partial charge in [-0.2, -0.15) is 0 Å². The molecule has 1 amide bonds. The highest BCUT2D eigenvalue weighted by Gasteiger charge is 2.34. The summed E-state index contributed by atoms with van der Waals surface area (Å²) in [6, 6.07) is 10.5. The predicted octanol–water partition coefficient (Wildman–Crippen LogP) is 2.28. The van der Waals surface area contributed by atoms with E-state index in [9.17, 15) is 4.79 Å². The number of hydrogen-bond donors (Lipinski definition) is 0. The highest BCUT2D eigenvalue weighted by molar-refractivity contribution is 5.96. The van der Waals surface area contributed by atoms with E-state index in [-0.39, 0.29) is 5.91 Å². The van der Waals surface area contributed by atoms with Crippen molar-refractivity contribution < 1.29 is 4.79 Å². The van der Waals surface area contributed by atoms with Crippen molar-refractivity contribution in [2.45, 2.75) is 31.7 Å². The molecule has 1 atom stereocenters. The fraction of sp³-hybridized carbons (Fsp3) is 0.533. The van der Waals surface area contributed by atoms with Gasteiger partial charge in [0.25, 0.3) is 0 Å². The Kier molecular flexibility index (Phi) is 3.33. The van der Waals surface area contributed by atoms with Gasteiger partial charge < -0.3 is 4.90 Å². The van der Waals surface area contributed by atoms with E-state index < -0.39 is 0 Å². The Labute approximate surface area is 108 Å². The summed E-state index contributed by atoms with van der Waals surface area (Å²) in [4.78, 5) is 16.6. The number of nitrogens with zero attached hydrogens (tertiary/aromatic N) is 2. The molecule has 2 fully saturated rings. The van der Waals surface area contributed by atoms with Crippen molar-refractivity contribution in [1.29, 1.82) is 0 Å². The van der Waals surface area contributed by atoms with Gasteiger partial charge in [-0.15, -0.1) is 0 Å². The summed E-state index contributed by atoms with van der Waals surface area (Å²) in [6.45, 7) is 3.20. The third kappa shape index (κ3) is 2.27. The number of hydrogen-bond acceptors (Lipinski definition) is 2. The first-order chi connectivity index (χ1) is 8.84. The first-order valence-electron chi connectivity index (χ1n) is 6.94. The minimum Gasteiger partial charge on any atom is -0.311 e. The van der Waals surface area contributed by atoms with Crippen LogP contribution in [-0.2, 0) is 4.79 Å². The van der Waals surface area contributed by atoms with Gasteiger partial charge in [-0.1, -0.05) is 24.6 Å². The quantitative estimate of drug-likeness (QED) is 0.797. The first-order valence-corrected chi connectivity index (χ1v) is 6.94. The van der Waals surface area contributed by atoms with Crippen molar-refractivity contribution in [3.8, 4) is 0 Å². The molecule has 96 valence electrons. The predicted molar refractivity (Wildman–Crippen MR) is 72.6 cm³/mol. The molecule has 2 saturated heterocycles. The van der Waals surface area contributed by atoms with Gasteiger partial charge in [-0.25, -0.2) is 0 Å². The summed E-state index contributed by atoms with van der Waals surface area (Å²) in [5.41, 5.74) is 1.04. The van der Waals surface area contributed by atoms with Crippen LogP contribution in [0.15, 0.2) is 30.3 Å². The number of benzene rings is 1. The van der Waals surface area contributed by atoms with Crippen LogP contribution in [0.25, 0.3) is 0 Å². The van der Waals surface area contributed by atoms with Crippen molar-refractivity contribution in [3.63, 3.8) is 0 Å². The average molecular weight is 244 g/mol. The Hall–Kier alpha value is -1.35. The number of rotatable bonds is 2. The van der Waals surface area contributed by atoms with Gasteiger partial charge in [-0.3, -0.25) is 9.69 Å². The summed E-state index contributed by atoms with van der Waals surface area (Å²) in [5, 5.41) is 0. The highest BCUT2D eigenvalue weighted by atomic mass is 16.2. The zero-order chi connectivity index (χ0) is 12.4. The van der Waals surface area contributed by atoms with E-state index in [2.05, 4.69) is 4.90 Å². The Bertz CT molecular complexity index is 412. The number of carbonyl (C=O) groups excluding carboxylic acids is 1. The molecule has 2 aliphatic rings. The standard InChI is InChI=1S/C15H20N2O/c18-15-11-14(16-9-5-2-6-10-16)12-17(15)13-7-3-1-4-8-13/h1,3-4,7-8,14H,2,5-6,9-12H2. The molecule has 2 aliphatic heterocycles. The number of likely N-dealkylation sites (tertiary alicyclic amines) is 1. The second-order valence-corrected chi connectivity index (χ2v) is 5.29. The third-order valence-corrected chi connectivity index (χ3v) is 4.08. The monoisotopic (exact) mass is 244 g/mol. The second kappa shape index (κ2) is 5.11. The first kappa shape index (κ1) is 11.7. The van der Waals surface area contributed by atoms with Gasteiger partial charge >= 0.3 is 0 Å². The molecular formula is C15H20N2O. The minimum atomic E-state index is 0.275. The van der Waals surface area contributed by atoms with Crippen molar-refractivity contribution in [3.05, 3.63) is 30.3 Å². The molecule has 3 heteroatoms. The third-order valence-electron chi connectivity index (χ3n) is 4.08. The summed E-state index contributed by atoms with van der Waals surface area (Å²) in [5.74, 6) is 0.275. The summed E-state index contributed by atoms with van der Waals surface area (Å²) >= 11 is 0. The maximum Gasteiger partial charge on any atom is 0.228 e. The summed E-state index contributed by atoms with van der Waals surface area (Å²) < 4.78 is 0. The van der Waals surface area contributed by atoms with Gasteiger partial charge in [0.1, 0.15) is 0 Å². The van der Waals surface area contributed by atoms with Crippen molar-refractivity contribution in [2.24, 2.45) is 0 Å². The molecule has 0 bridgehead atoms. The fourth-order valence-electron chi connectivity index (χ4n) is 3.07. The Morgan fingerprint density at radius 3 is 2.44 bits per heavy atom. The average Bonchev–Trinajstić information content (AvgIpc) is 2.83. The molecular weight excluding hydrogens is 224 g/mol. The molecule has 1 aromatic rings. The maximum atomic E-state index is 12.1. The van der Waals surface area contributed by atoms with Crippen LogP contribution in [-0.4, -0.2) is 36.5 Å². The molecule has 0 aromatic heterocycles. The van der Waals surface area contributed by atoms with Crippen LogP contribution < -0.4 is 4.90 Å². The van der Waals surface area contributed by atoms with E-state index in [0.717, 1.165) is 12.2 Å².